The van der Waals surface area contributed by atoms with Crippen molar-refractivity contribution in [3.63, 3.8) is 0 Å². The minimum Gasteiger partial charge on any atom is -0.478 e. The molecule has 0 aliphatic heterocycles. The Morgan fingerprint density at radius 3 is 2.41 bits per heavy atom. The van der Waals surface area contributed by atoms with E-state index in [1.54, 1.807) is 6.07 Å². The van der Waals surface area contributed by atoms with Gasteiger partial charge in [0.05, 0.1) is 11.1 Å². The van der Waals surface area contributed by atoms with E-state index in [1.807, 2.05) is 6.07 Å². The molecule has 0 fully saturated rings. The van der Waals surface area contributed by atoms with Crippen molar-refractivity contribution in [2.45, 2.75) is 53.0 Å². The molecule has 0 amide bonds. The van der Waals surface area contributed by atoms with Crippen LogP contribution in [0, 0.1) is 13.8 Å². The first-order valence-electron chi connectivity index (χ1n) is 7.75. The molecular formula is C18H26N2O2. The van der Waals surface area contributed by atoms with Gasteiger partial charge in [-0.2, -0.15) is 0 Å². The average Bonchev–Trinajstić information content (AvgIpc) is 2.67. The van der Waals surface area contributed by atoms with E-state index in [1.165, 1.54) is 5.69 Å². The number of aromatic carboxylic acids is 1. The van der Waals surface area contributed by atoms with Crippen molar-refractivity contribution < 1.29 is 9.90 Å². The Kier molecular flexibility index (Phi) is 4.34. The highest BCUT2D eigenvalue weighted by molar-refractivity contribution is 5.97. The van der Waals surface area contributed by atoms with E-state index in [4.69, 9.17) is 5.73 Å². The van der Waals surface area contributed by atoms with Crippen molar-refractivity contribution in [3.05, 3.63) is 34.5 Å². The van der Waals surface area contributed by atoms with Crippen molar-refractivity contribution in [3.8, 4) is 0 Å². The summed E-state index contributed by atoms with van der Waals surface area (Å²) in [5.41, 5.74) is 10.5. The van der Waals surface area contributed by atoms with E-state index in [9.17, 15) is 9.90 Å². The molecule has 0 saturated heterocycles. The Morgan fingerprint density at radius 2 is 1.91 bits per heavy atom. The van der Waals surface area contributed by atoms with Gasteiger partial charge in [-0.25, -0.2) is 4.79 Å². The number of carboxylic acid groups (broad SMARTS) is 1. The lowest BCUT2D eigenvalue weighted by Crippen LogP contribution is -2.16. The molecular weight excluding hydrogens is 276 g/mol. The average molecular weight is 302 g/mol. The fraction of sp³-hybridized carbons (Fsp3) is 0.500. The normalized spacial score (nSPS) is 12.1. The minimum absolute atomic E-state index is 0.124. The van der Waals surface area contributed by atoms with Crippen LogP contribution in [0.5, 0.6) is 0 Å². The molecule has 4 heteroatoms. The monoisotopic (exact) mass is 302 g/mol. The molecule has 0 atom stereocenters. The highest BCUT2D eigenvalue weighted by Crippen LogP contribution is 2.36. The topological polar surface area (TPSA) is 68.2 Å². The maximum atomic E-state index is 11.5. The zero-order valence-corrected chi connectivity index (χ0v) is 14.2. The number of aromatic nitrogens is 1. The summed E-state index contributed by atoms with van der Waals surface area (Å²) in [6.07, 6.45) is 0.911. The van der Waals surface area contributed by atoms with Crippen molar-refractivity contribution in [2.75, 3.05) is 6.54 Å². The van der Waals surface area contributed by atoms with Gasteiger partial charge in [0, 0.05) is 17.6 Å². The van der Waals surface area contributed by atoms with Crippen molar-refractivity contribution in [1.82, 2.24) is 4.57 Å². The summed E-state index contributed by atoms with van der Waals surface area (Å²) in [6, 6.07) is 3.62. The van der Waals surface area contributed by atoms with Crippen LogP contribution in [0.4, 0.5) is 0 Å². The molecule has 22 heavy (non-hydrogen) atoms. The third kappa shape index (κ3) is 2.75. The quantitative estimate of drug-likeness (QED) is 0.906. The Bertz CT molecular complexity index is 721. The molecule has 0 bridgehead atoms. The van der Waals surface area contributed by atoms with Crippen LogP contribution in [0.25, 0.3) is 10.9 Å². The molecule has 2 rings (SSSR count). The number of benzene rings is 1. The molecule has 1 aromatic carbocycles. The summed E-state index contributed by atoms with van der Waals surface area (Å²) in [4.78, 5) is 11.5. The number of rotatable bonds is 4. The number of carbonyl (C=O) groups is 1. The van der Waals surface area contributed by atoms with Crippen LogP contribution >= 0.6 is 0 Å². The molecule has 0 radical (unpaired) electrons. The Morgan fingerprint density at radius 1 is 1.27 bits per heavy atom. The molecule has 0 aliphatic carbocycles. The Hall–Kier alpha value is -1.81. The summed E-state index contributed by atoms with van der Waals surface area (Å²) in [5, 5.41) is 10.5. The second-order valence-corrected chi connectivity index (χ2v) is 6.98. The van der Waals surface area contributed by atoms with Crippen molar-refractivity contribution in [1.29, 1.82) is 0 Å². The van der Waals surface area contributed by atoms with E-state index in [2.05, 4.69) is 39.2 Å². The van der Waals surface area contributed by atoms with E-state index < -0.39 is 5.97 Å². The molecule has 4 nitrogen and oxygen atoms in total. The summed E-state index contributed by atoms with van der Waals surface area (Å²) in [5.74, 6) is -0.876. The third-order valence-corrected chi connectivity index (χ3v) is 4.37. The molecule has 0 unspecified atom stereocenters. The summed E-state index contributed by atoms with van der Waals surface area (Å²) in [7, 11) is 0. The second kappa shape index (κ2) is 5.76. The number of carboxylic acids is 1. The molecule has 0 aliphatic rings. The number of nitrogens with two attached hydrogens (primary N) is 1. The van der Waals surface area contributed by atoms with Gasteiger partial charge in [-0.05, 0) is 55.5 Å². The predicted octanol–water partition coefficient (Wildman–Crippen LogP) is 3.60. The fourth-order valence-corrected chi connectivity index (χ4v) is 3.00. The third-order valence-electron chi connectivity index (χ3n) is 4.37. The van der Waals surface area contributed by atoms with Gasteiger partial charge in [-0.15, -0.1) is 0 Å². The first-order valence-corrected chi connectivity index (χ1v) is 7.75. The van der Waals surface area contributed by atoms with Gasteiger partial charge in [0.1, 0.15) is 0 Å². The Balaban J connectivity index is 2.87. The highest BCUT2D eigenvalue weighted by atomic mass is 16.4. The Labute approximate surface area is 131 Å². The van der Waals surface area contributed by atoms with Crippen LogP contribution in [0.15, 0.2) is 12.1 Å². The van der Waals surface area contributed by atoms with Gasteiger partial charge in [0.2, 0.25) is 0 Å². The molecule has 2 aromatic rings. The predicted molar refractivity (Wildman–Crippen MR) is 90.7 cm³/mol. The first kappa shape index (κ1) is 16.6. The van der Waals surface area contributed by atoms with Crippen molar-refractivity contribution in [2.24, 2.45) is 5.73 Å². The number of hydrogen-bond acceptors (Lipinski definition) is 2. The number of nitrogens with zero attached hydrogens (tertiary/aromatic N) is 1. The SMILES string of the molecule is Cc1c(C)n(CCCN)c2c(C(C)(C)C)cc(C(=O)O)cc12. The summed E-state index contributed by atoms with van der Waals surface area (Å²) in [6.45, 7) is 12.0. The summed E-state index contributed by atoms with van der Waals surface area (Å²) >= 11 is 0. The van der Waals surface area contributed by atoms with Gasteiger partial charge in [-0.1, -0.05) is 20.8 Å². The number of hydrogen-bond donors (Lipinski definition) is 2. The lowest BCUT2D eigenvalue weighted by molar-refractivity contribution is 0.0697. The van der Waals surface area contributed by atoms with Crippen LogP contribution in [0.1, 0.15) is 54.4 Å². The van der Waals surface area contributed by atoms with Gasteiger partial charge < -0.3 is 15.4 Å². The second-order valence-electron chi connectivity index (χ2n) is 6.98. The minimum atomic E-state index is -0.876. The van der Waals surface area contributed by atoms with Crippen LogP contribution < -0.4 is 5.73 Å². The number of fused-ring (bicyclic) bond motifs is 1. The lowest BCUT2D eigenvalue weighted by atomic mass is 9.84. The largest absolute Gasteiger partial charge is 0.478 e. The lowest BCUT2D eigenvalue weighted by Gasteiger charge is -2.23. The zero-order valence-electron chi connectivity index (χ0n) is 14.2. The van der Waals surface area contributed by atoms with E-state index >= 15 is 0 Å². The van der Waals surface area contributed by atoms with E-state index in [0.717, 1.165) is 35.0 Å². The number of aryl methyl sites for hydroxylation is 2. The van der Waals surface area contributed by atoms with Gasteiger partial charge >= 0.3 is 5.97 Å². The molecule has 1 heterocycles. The molecule has 1 aromatic heterocycles. The maximum absolute atomic E-state index is 11.5. The highest BCUT2D eigenvalue weighted by Gasteiger charge is 2.24. The van der Waals surface area contributed by atoms with E-state index in [0.29, 0.717) is 12.1 Å². The molecule has 120 valence electrons. The molecule has 0 saturated carbocycles. The molecule has 3 N–H and O–H groups in total. The van der Waals surface area contributed by atoms with Gasteiger partial charge in [0.15, 0.2) is 0 Å². The van der Waals surface area contributed by atoms with Crippen LogP contribution in [-0.4, -0.2) is 22.2 Å². The van der Waals surface area contributed by atoms with Gasteiger partial charge in [-0.3, -0.25) is 0 Å². The standard InChI is InChI=1S/C18H26N2O2/c1-11-12(2)20(8-6-7-19)16-14(11)9-13(17(21)22)10-15(16)18(3,4)5/h9-10H,6-8,19H2,1-5H3,(H,21,22). The smallest absolute Gasteiger partial charge is 0.335 e. The zero-order chi connectivity index (χ0) is 16.7. The first-order chi connectivity index (χ1) is 10.2. The van der Waals surface area contributed by atoms with Crippen LogP contribution in [0.2, 0.25) is 0 Å². The maximum Gasteiger partial charge on any atom is 0.335 e. The van der Waals surface area contributed by atoms with Crippen LogP contribution in [-0.2, 0) is 12.0 Å². The summed E-state index contributed by atoms with van der Waals surface area (Å²) < 4.78 is 2.30. The van der Waals surface area contributed by atoms with Crippen LogP contribution in [0.3, 0.4) is 0 Å². The van der Waals surface area contributed by atoms with Gasteiger partial charge in [0.25, 0.3) is 0 Å². The molecule has 0 spiro atoms. The van der Waals surface area contributed by atoms with Crippen molar-refractivity contribution >= 4 is 16.9 Å². The fourth-order valence-electron chi connectivity index (χ4n) is 3.00. The van der Waals surface area contributed by atoms with E-state index in [-0.39, 0.29) is 5.41 Å².